The Morgan fingerprint density at radius 1 is 1.38 bits per heavy atom. The Balaban J connectivity index is 2.25. The van der Waals surface area contributed by atoms with E-state index >= 15 is 0 Å². The highest BCUT2D eigenvalue weighted by Gasteiger charge is 2.06. The van der Waals surface area contributed by atoms with E-state index in [1.165, 1.54) is 0 Å². The molecule has 0 aliphatic rings. The molecule has 2 aromatic rings. The minimum atomic E-state index is 0.225. The van der Waals surface area contributed by atoms with E-state index in [1.54, 1.807) is 0 Å². The third-order valence-corrected chi connectivity index (χ3v) is 2.87. The van der Waals surface area contributed by atoms with Crippen LogP contribution in [0.5, 0.6) is 0 Å². The van der Waals surface area contributed by atoms with Crippen molar-refractivity contribution in [3.05, 3.63) is 30.5 Å². The Morgan fingerprint density at radius 2 is 2.19 bits per heavy atom. The first-order chi connectivity index (χ1) is 7.83. The van der Waals surface area contributed by atoms with Crippen LogP contribution in [-0.4, -0.2) is 21.9 Å². The number of aromatic nitrogens is 2. The van der Waals surface area contributed by atoms with Crippen LogP contribution in [0.15, 0.2) is 30.5 Å². The lowest BCUT2D eigenvalue weighted by molar-refractivity contribution is 0.760. The lowest BCUT2D eigenvalue weighted by Crippen LogP contribution is -2.21. The smallest absolute Gasteiger partial charge is 0.223 e. The van der Waals surface area contributed by atoms with Crippen LogP contribution in [0.3, 0.4) is 0 Å². The summed E-state index contributed by atoms with van der Waals surface area (Å²) in [5.41, 5.74) is 0.949. The largest absolute Gasteiger partial charge is 0.350 e. The predicted octanol–water partition coefficient (Wildman–Crippen LogP) is 3.06. The second-order valence-electron chi connectivity index (χ2n) is 3.66. The van der Waals surface area contributed by atoms with E-state index in [4.69, 9.17) is 11.6 Å². The van der Waals surface area contributed by atoms with Crippen molar-refractivity contribution >= 4 is 28.5 Å². The Kier molecular flexibility index (Phi) is 3.57. The topological polar surface area (TPSA) is 37.8 Å². The van der Waals surface area contributed by atoms with Crippen LogP contribution >= 0.6 is 11.6 Å². The molecule has 84 valence electrons. The third-order valence-electron chi connectivity index (χ3n) is 2.50. The second kappa shape index (κ2) is 5.12. The average Bonchev–Trinajstić information content (AvgIpc) is 2.35. The summed E-state index contributed by atoms with van der Waals surface area (Å²) in [6.45, 7) is 2.08. The van der Waals surface area contributed by atoms with Crippen molar-refractivity contribution in [3.63, 3.8) is 0 Å². The Hall–Kier alpha value is -1.35. The van der Waals surface area contributed by atoms with Crippen molar-refractivity contribution < 1.29 is 0 Å². The van der Waals surface area contributed by atoms with Crippen LogP contribution in [0.4, 0.5) is 5.95 Å². The summed E-state index contributed by atoms with van der Waals surface area (Å²) in [4.78, 5) is 8.69. The summed E-state index contributed by atoms with van der Waals surface area (Å²) < 4.78 is 0. The molecular formula is C12H14ClN3. The number of rotatable bonds is 4. The molecule has 0 spiro atoms. The Morgan fingerprint density at radius 3 is 2.94 bits per heavy atom. The first-order valence-electron chi connectivity index (χ1n) is 5.37. The van der Waals surface area contributed by atoms with Gasteiger partial charge in [0.2, 0.25) is 5.95 Å². The fourth-order valence-corrected chi connectivity index (χ4v) is 1.77. The summed E-state index contributed by atoms with van der Waals surface area (Å²) in [5.74, 6) is 1.21. The number of nitrogens with one attached hydrogen (secondary N) is 1. The molecular weight excluding hydrogens is 222 g/mol. The number of hydrogen-bond donors (Lipinski definition) is 1. The summed E-state index contributed by atoms with van der Waals surface area (Å²) in [6, 6.07) is 8.15. The van der Waals surface area contributed by atoms with E-state index in [9.17, 15) is 0 Å². The minimum absolute atomic E-state index is 0.225. The first kappa shape index (κ1) is 11.1. The van der Waals surface area contributed by atoms with E-state index in [2.05, 4.69) is 22.2 Å². The standard InChI is InChI=1S/C12H14ClN3/c1-2-10(7-13)15-12-14-8-9-5-3-4-6-11(9)16-12/h3-6,8,10H,2,7H2,1H3,(H,14,15,16). The zero-order valence-corrected chi connectivity index (χ0v) is 9.91. The van der Waals surface area contributed by atoms with Crippen molar-refractivity contribution in [2.75, 3.05) is 11.2 Å². The van der Waals surface area contributed by atoms with Crippen LogP contribution in [0.1, 0.15) is 13.3 Å². The molecule has 1 aromatic heterocycles. The quantitative estimate of drug-likeness (QED) is 0.828. The third kappa shape index (κ3) is 2.42. The van der Waals surface area contributed by atoms with Crippen LogP contribution in [-0.2, 0) is 0 Å². The number of fused-ring (bicyclic) bond motifs is 1. The molecule has 0 saturated heterocycles. The van der Waals surface area contributed by atoms with Gasteiger partial charge in [0.1, 0.15) is 0 Å². The van der Waals surface area contributed by atoms with Gasteiger partial charge in [-0.2, -0.15) is 0 Å². The summed E-state index contributed by atoms with van der Waals surface area (Å²) >= 11 is 5.82. The van der Waals surface area contributed by atoms with Gasteiger partial charge >= 0.3 is 0 Å². The second-order valence-corrected chi connectivity index (χ2v) is 3.96. The molecule has 0 radical (unpaired) electrons. The number of benzene rings is 1. The molecule has 1 N–H and O–H groups in total. The van der Waals surface area contributed by atoms with Crippen LogP contribution in [0.2, 0.25) is 0 Å². The molecule has 1 atom stereocenters. The van der Waals surface area contributed by atoms with Crippen molar-refractivity contribution in [2.45, 2.75) is 19.4 Å². The molecule has 1 heterocycles. The molecule has 0 amide bonds. The van der Waals surface area contributed by atoms with Gasteiger partial charge in [-0.15, -0.1) is 11.6 Å². The molecule has 1 unspecified atom stereocenters. The normalized spacial score (nSPS) is 12.6. The van der Waals surface area contributed by atoms with Gasteiger partial charge in [-0.05, 0) is 12.5 Å². The maximum atomic E-state index is 5.82. The predicted molar refractivity (Wildman–Crippen MR) is 68.0 cm³/mol. The zero-order chi connectivity index (χ0) is 11.4. The van der Waals surface area contributed by atoms with Gasteiger partial charge in [-0.1, -0.05) is 25.1 Å². The van der Waals surface area contributed by atoms with Gasteiger partial charge in [0, 0.05) is 23.5 Å². The van der Waals surface area contributed by atoms with Gasteiger partial charge in [-0.25, -0.2) is 9.97 Å². The average molecular weight is 236 g/mol. The van der Waals surface area contributed by atoms with Crippen molar-refractivity contribution in [1.82, 2.24) is 9.97 Å². The first-order valence-corrected chi connectivity index (χ1v) is 5.91. The van der Waals surface area contributed by atoms with Crippen LogP contribution in [0, 0.1) is 0 Å². The lowest BCUT2D eigenvalue weighted by Gasteiger charge is -2.13. The number of alkyl halides is 1. The molecule has 1 aromatic carbocycles. The summed E-state index contributed by atoms with van der Waals surface area (Å²) in [7, 11) is 0. The molecule has 0 aliphatic heterocycles. The molecule has 16 heavy (non-hydrogen) atoms. The van der Waals surface area contributed by atoms with E-state index < -0.39 is 0 Å². The number of halogens is 1. The molecule has 0 saturated carbocycles. The van der Waals surface area contributed by atoms with E-state index in [0.29, 0.717) is 11.8 Å². The number of para-hydroxylation sites is 1. The summed E-state index contributed by atoms with van der Waals surface area (Å²) in [6.07, 6.45) is 2.78. The van der Waals surface area contributed by atoms with Gasteiger partial charge < -0.3 is 5.32 Å². The Labute approximate surface area is 99.9 Å². The number of anilines is 1. The molecule has 2 rings (SSSR count). The highest BCUT2D eigenvalue weighted by Crippen LogP contribution is 2.12. The van der Waals surface area contributed by atoms with E-state index in [1.807, 2.05) is 30.5 Å². The van der Waals surface area contributed by atoms with E-state index in [-0.39, 0.29) is 6.04 Å². The molecule has 0 bridgehead atoms. The fraction of sp³-hybridized carbons (Fsp3) is 0.333. The van der Waals surface area contributed by atoms with Gasteiger partial charge in [0.25, 0.3) is 0 Å². The highest BCUT2D eigenvalue weighted by molar-refractivity contribution is 6.18. The van der Waals surface area contributed by atoms with Gasteiger partial charge in [0.05, 0.1) is 5.52 Å². The molecule has 0 aliphatic carbocycles. The monoisotopic (exact) mass is 235 g/mol. The minimum Gasteiger partial charge on any atom is -0.350 e. The van der Waals surface area contributed by atoms with Gasteiger partial charge in [-0.3, -0.25) is 0 Å². The fourth-order valence-electron chi connectivity index (χ4n) is 1.47. The lowest BCUT2D eigenvalue weighted by atomic mass is 10.2. The maximum Gasteiger partial charge on any atom is 0.223 e. The van der Waals surface area contributed by atoms with Gasteiger partial charge in [0.15, 0.2) is 0 Å². The van der Waals surface area contributed by atoms with Crippen molar-refractivity contribution in [1.29, 1.82) is 0 Å². The SMILES string of the molecule is CCC(CCl)Nc1ncc2ccccc2n1. The maximum absolute atomic E-state index is 5.82. The molecule has 3 nitrogen and oxygen atoms in total. The highest BCUT2D eigenvalue weighted by atomic mass is 35.5. The molecule has 4 heteroatoms. The summed E-state index contributed by atoms with van der Waals surface area (Å²) in [5, 5.41) is 4.26. The van der Waals surface area contributed by atoms with Crippen LogP contribution < -0.4 is 5.32 Å². The van der Waals surface area contributed by atoms with Crippen LogP contribution in [0.25, 0.3) is 10.9 Å². The van der Waals surface area contributed by atoms with Crippen molar-refractivity contribution in [2.24, 2.45) is 0 Å². The Bertz CT molecular complexity index is 469. The molecule has 0 fully saturated rings. The number of hydrogen-bond acceptors (Lipinski definition) is 3. The zero-order valence-electron chi connectivity index (χ0n) is 9.15. The van der Waals surface area contributed by atoms with E-state index in [0.717, 1.165) is 17.3 Å². The van der Waals surface area contributed by atoms with Crippen molar-refractivity contribution in [3.8, 4) is 0 Å². The number of nitrogens with zero attached hydrogens (tertiary/aromatic N) is 2.